The van der Waals surface area contributed by atoms with Crippen LogP contribution in [0, 0.1) is 0 Å². The van der Waals surface area contributed by atoms with Crippen molar-refractivity contribution in [2.75, 3.05) is 13.3 Å². The standard InChI is InChI=1S/C6H11NO2/c1-5-3-9-4-7(5)6(2)8/h5H,3-4H2,1-2H3. The smallest absolute Gasteiger partial charge is 0.221 e. The van der Waals surface area contributed by atoms with Gasteiger partial charge in [-0.15, -0.1) is 0 Å². The average molecular weight is 129 g/mol. The van der Waals surface area contributed by atoms with Crippen LogP contribution in [0.5, 0.6) is 0 Å². The third kappa shape index (κ3) is 1.21. The highest BCUT2D eigenvalue weighted by molar-refractivity contribution is 5.73. The maximum atomic E-state index is 10.7. The van der Waals surface area contributed by atoms with Gasteiger partial charge in [-0.05, 0) is 6.92 Å². The molecule has 1 heterocycles. The van der Waals surface area contributed by atoms with Crippen molar-refractivity contribution in [3.8, 4) is 0 Å². The first-order chi connectivity index (χ1) is 4.22. The third-order valence-corrected chi connectivity index (χ3v) is 1.53. The molecule has 1 amide bonds. The van der Waals surface area contributed by atoms with Crippen molar-refractivity contribution in [3.63, 3.8) is 0 Å². The van der Waals surface area contributed by atoms with Crippen LogP contribution in [-0.4, -0.2) is 30.2 Å². The Morgan fingerprint density at radius 2 is 2.44 bits per heavy atom. The molecular formula is C6H11NO2. The molecule has 1 aliphatic rings. The highest BCUT2D eigenvalue weighted by atomic mass is 16.5. The van der Waals surface area contributed by atoms with E-state index in [1.165, 1.54) is 0 Å². The summed E-state index contributed by atoms with van der Waals surface area (Å²) in [5, 5.41) is 0. The summed E-state index contributed by atoms with van der Waals surface area (Å²) in [5.41, 5.74) is 0. The maximum absolute atomic E-state index is 10.7. The van der Waals surface area contributed by atoms with Crippen LogP contribution in [0.1, 0.15) is 13.8 Å². The van der Waals surface area contributed by atoms with Crippen LogP contribution in [0.15, 0.2) is 0 Å². The average Bonchev–Trinajstić information content (AvgIpc) is 2.13. The lowest BCUT2D eigenvalue weighted by atomic mass is 10.3. The van der Waals surface area contributed by atoms with Gasteiger partial charge in [-0.1, -0.05) is 0 Å². The largest absolute Gasteiger partial charge is 0.359 e. The quantitative estimate of drug-likeness (QED) is 0.468. The van der Waals surface area contributed by atoms with Crippen LogP contribution in [0.3, 0.4) is 0 Å². The Kier molecular flexibility index (Phi) is 1.71. The van der Waals surface area contributed by atoms with E-state index in [4.69, 9.17) is 4.74 Å². The minimum absolute atomic E-state index is 0.0972. The molecule has 1 aliphatic heterocycles. The van der Waals surface area contributed by atoms with E-state index in [9.17, 15) is 4.79 Å². The number of carbonyl (C=O) groups is 1. The van der Waals surface area contributed by atoms with Crippen LogP contribution in [0.2, 0.25) is 0 Å². The molecule has 0 radical (unpaired) electrons. The van der Waals surface area contributed by atoms with Crippen LogP contribution < -0.4 is 0 Å². The van der Waals surface area contributed by atoms with E-state index in [1.54, 1.807) is 11.8 Å². The lowest BCUT2D eigenvalue weighted by Gasteiger charge is -2.15. The molecule has 52 valence electrons. The fourth-order valence-electron chi connectivity index (χ4n) is 0.940. The predicted octanol–water partition coefficient (Wildman–Crippen LogP) is 0.211. The van der Waals surface area contributed by atoms with E-state index in [1.807, 2.05) is 6.92 Å². The predicted molar refractivity (Wildman–Crippen MR) is 32.8 cm³/mol. The normalized spacial score (nSPS) is 26.9. The zero-order chi connectivity index (χ0) is 6.85. The summed E-state index contributed by atoms with van der Waals surface area (Å²) >= 11 is 0. The maximum Gasteiger partial charge on any atom is 0.221 e. The number of nitrogens with zero attached hydrogens (tertiary/aromatic N) is 1. The first-order valence-electron chi connectivity index (χ1n) is 3.07. The van der Waals surface area contributed by atoms with Crippen molar-refractivity contribution < 1.29 is 9.53 Å². The van der Waals surface area contributed by atoms with E-state index in [0.717, 1.165) is 0 Å². The summed E-state index contributed by atoms with van der Waals surface area (Å²) in [6.07, 6.45) is 0. The molecule has 1 rings (SSSR count). The van der Waals surface area contributed by atoms with Gasteiger partial charge in [0.2, 0.25) is 5.91 Å². The molecule has 9 heavy (non-hydrogen) atoms. The number of hydrogen-bond acceptors (Lipinski definition) is 2. The SMILES string of the molecule is CC(=O)N1COCC1C. The zero-order valence-corrected chi connectivity index (χ0v) is 5.76. The molecule has 3 nitrogen and oxygen atoms in total. The highest BCUT2D eigenvalue weighted by Gasteiger charge is 2.22. The Morgan fingerprint density at radius 1 is 1.78 bits per heavy atom. The monoisotopic (exact) mass is 129 g/mol. The van der Waals surface area contributed by atoms with Gasteiger partial charge in [0.05, 0.1) is 12.6 Å². The number of hydrogen-bond donors (Lipinski definition) is 0. The number of ether oxygens (including phenoxy) is 1. The van der Waals surface area contributed by atoms with Crippen molar-refractivity contribution in [3.05, 3.63) is 0 Å². The van der Waals surface area contributed by atoms with Crippen molar-refractivity contribution >= 4 is 5.91 Å². The Labute approximate surface area is 54.6 Å². The van der Waals surface area contributed by atoms with Crippen molar-refractivity contribution in [1.29, 1.82) is 0 Å². The van der Waals surface area contributed by atoms with Crippen molar-refractivity contribution in [2.24, 2.45) is 0 Å². The molecule has 0 saturated carbocycles. The Hall–Kier alpha value is -0.570. The van der Waals surface area contributed by atoms with E-state index in [-0.39, 0.29) is 11.9 Å². The van der Waals surface area contributed by atoms with Crippen LogP contribution in [0.4, 0.5) is 0 Å². The molecule has 1 saturated heterocycles. The van der Waals surface area contributed by atoms with Gasteiger partial charge < -0.3 is 9.64 Å². The molecule has 0 aromatic carbocycles. The van der Waals surface area contributed by atoms with Crippen molar-refractivity contribution in [1.82, 2.24) is 4.90 Å². The van der Waals surface area contributed by atoms with E-state index in [2.05, 4.69) is 0 Å². The summed E-state index contributed by atoms with van der Waals surface area (Å²) in [6, 6.07) is 0.266. The first-order valence-corrected chi connectivity index (χ1v) is 3.07. The minimum Gasteiger partial charge on any atom is -0.359 e. The molecular weight excluding hydrogens is 118 g/mol. The van der Waals surface area contributed by atoms with Gasteiger partial charge >= 0.3 is 0 Å². The molecule has 1 unspecified atom stereocenters. The molecule has 0 aromatic rings. The highest BCUT2D eigenvalue weighted by Crippen LogP contribution is 2.07. The fourth-order valence-corrected chi connectivity index (χ4v) is 0.940. The molecule has 0 aromatic heterocycles. The van der Waals surface area contributed by atoms with Gasteiger partial charge in [0.1, 0.15) is 6.73 Å². The molecule has 0 N–H and O–H groups in total. The van der Waals surface area contributed by atoms with Crippen LogP contribution in [0.25, 0.3) is 0 Å². The lowest BCUT2D eigenvalue weighted by Crippen LogP contribution is -2.32. The summed E-state index contributed by atoms with van der Waals surface area (Å²) in [4.78, 5) is 12.4. The number of rotatable bonds is 0. The topological polar surface area (TPSA) is 29.5 Å². The Bertz CT molecular complexity index is 124. The van der Waals surface area contributed by atoms with Gasteiger partial charge in [-0.3, -0.25) is 4.79 Å². The fraction of sp³-hybridized carbons (Fsp3) is 0.833. The Balaban J connectivity index is 2.49. The lowest BCUT2D eigenvalue weighted by molar-refractivity contribution is -0.130. The number of carbonyl (C=O) groups excluding carboxylic acids is 1. The van der Waals surface area contributed by atoms with Gasteiger partial charge in [0, 0.05) is 6.92 Å². The van der Waals surface area contributed by atoms with Gasteiger partial charge in [-0.2, -0.15) is 0 Å². The van der Waals surface area contributed by atoms with Crippen LogP contribution in [-0.2, 0) is 9.53 Å². The summed E-state index contributed by atoms with van der Waals surface area (Å²) < 4.78 is 5.04. The van der Waals surface area contributed by atoms with Gasteiger partial charge in [0.25, 0.3) is 0 Å². The molecule has 0 bridgehead atoms. The second-order valence-electron chi connectivity index (χ2n) is 2.34. The molecule has 0 spiro atoms. The summed E-state index contributed by atoms with van der Waals surface area (Å²) in [6.45, 7) is 4.69. The summed E-state index contributed by atoms with van der Waals surface area (Å²) in [5.74, 6) is 0.0972. The second-order valence-corrected chi connectivity index (χ2v) is 2.34. The molecule has 1 fully saturated rings. The summed E-state index contributed by atoms with van der Waals surface area (Å²) in [7, 11) is 0. The number of amides is 1. The van der Waals surface area contributed by atoms with Gasteiger partial charge in [-0.25, -0.2) is 0 Å². The molecule has 0 aliphatic carbocycles. The minimum atomic E-state index is 0.0972. The van der Waals surface area contributed by atoms with Gasteiger partial charge in [0.15, 0.2) is 0 Å². The van der Waals surface area contributed by atoms with Crippen LogP contribution >= 0.6 is 0 Å². The molecule has 1 atom stereocenters. The second kappa shape index (κ2) is 2.35. The van der Waals surface area contributed by atoms with Crippen molar-refractivity contribution in [2.45, 2.75) is 19.9 Å². The van der Waals surface area contributed by atoms with E-state index < -0.39 is 0 Å². The van der Waals surface area contributed by atoms with E-state index >= 15 is 0 Å². The third-order valence-electron chi connectivity index (χ3n) is 1.53. The Morgan fingerprint density at radius 3 is 2.67 bits per heavy atom. The first kappa shape index (κ1) is 6.55. The van der Waals surface area contributed by atoms with E-state index in [0.29, 0.717) is 13.3 Å². The zero-order valence-electron chi connectivity index (χ0n) is 5.76. The molecule has 3 heteroatoms.